The second kappa shape index (κ2) is 5.85. The molecule has 0 saturated heterocycles. The number of hydrogen-bond donors (Lipinski definition) is 0. The van der Waals surface area contributed by atoms with Crippen LogP contribution in [-0.2, 0) is 16.9 Å². The Balaban J connectivity index is 2.16. The van der Waals surface area contributed by atoms with Gasteiger partial charge >= 0.3 is 0 Å². The van der Waals surface area contributed by atoms with E-state index in [9.17, 15) is 0 Å². The second-order valence-corrected chi connectivity index (χ2v) is 5.08. The second-order valence-electron chi connectivity index (χ2n) is 5.08. The third-order valence-electron chi connectivity index (χ3n) is 3.27. The molecule has 0 aliphatic heterocycles. The number of benzene rings is 2. The zero-order valence-electron chi connectivity index (χ0n) is 11.6. The number of ether oxygens (including phenoxy) is 1. The lowest BCUT2D eigenvalue weighted by Gasteiger charge is -2.27. The predicted octanol–water partition coefficient (Wildman–Crippen LogP) is 4.78. The maximum Gasteiger partial charge on any atom is 0.0885 e. The Morgan fingerprint density at radius 2 is 1.63 bits per heavy atom. The van der Waals surface area contributed by atoms with Crippen molar-refractivity contribution in [1.29, 1.82) is 0 Å². The van der Waals surface area contributed by atoms with E-state index in [0.29, 0.717) is 6.61 Å². The lowest BCUT2D eigenvalue weighted by molar-refractivity contribution is -0.0338. The summed E-state index contributed by atoms with van der Waals surface area (Å²) in [5, 5.41) is 0. The molecule has 2 rings (SSSR count). The molecule has 0 saturated carbocycles. The van der Waals surface area contributed by atoms with E-state index in [1.165, 1.54) is 11.1 Å². The molecule has 19 heavy (non-hydrogen) atoms. The van der Waals surface area contributed by atoms with Gasteiger partial charge in [0.1, 0.15) is 0 Å². The van der Waals surface area contributed by atoms with Crippen LogP contribution in [0.15, 0.2) is 61.2 Å². The molecule has 0 amide bonds. The molecule has 0 spiro atoms. The fourth-order valence-electron chi connectivity index (χ4n) is 2.14. The first-order valence-electron chi connectivity index (χ1n) is 6.53. The van der Waals surface area contributed by atoms with Crippen LogP contribution < -0.4 is 0 Å². The summed E-state index contributed by atoms with van der Waals surface area (Å²) >= 11 is 0. The van der Waals surface area contributed by atoms with E-state index in [1.54, 1.807) is 0 Å². The van der Waals surface area contributed by atoms with Crippen molar-refractivity contribution in [3.05, 3.63) is 77.9 Å². The van der Waals surface area contributed by atoms with Crippen molar-refractivity contribution in [1.82, 2.24) is 0 Å². The summed E-state index contributed by atoms with van der Waals surface area (Å²) in [6.45, 7) is 8.67. The first-order valence-corrected chi connectivity index (χ1v) is 6.53. The lowest BCUT2D eigenvalue weighted by Crippen LogP contribution is -2.22. The van der Waals surface area contributed by atoms with Gasteiger partial charge in [0, 0.05) is 0 Å². The first kappa shape index (κ1) is 13.6. The normalized spacial score (nSPS) is 11.3. The predicted molar refractivity (Wildman–Crippen MR) is 80.8 cm³/mol. The molecule has 1 heteroatoms. The molecule has 98 valence electrons. The summed E-state index contributed by atoms with van der Waals surface area (Å²) in [5.41, 5.74) is 3.15. The van der Waals surface area contributed by atoms with Crippen molar-refractivity contribution in [2.24, 2.45) is 0 Å². The molecule has 2 aromatic rings. The lowest BCUT2D eigenvalue weighted by atomic mass is 9.93. The minimum Gasteiger partial charge on any atom is -0.366 e. The van der Waals surface area contributed by atoms with E-state index < -0.39 is 0 Å². The van der Waals surface area contributed by atoms with Crippen LogP contribution in [0.5, 0.6) is 0 Å². The highest BCUT2D eigenvalue weighted by Crippen LogP contribution is 2.29. The molecule has 0 aromatic heterocycles. The molecule has 0 fully saturated rings. The Morgan fingerprint density at radius 1 is 1.00 bits per heavy atom. The van der Waals surface area contributed by atoms with Crippen molar-refractivity contribution < 1.29 is 4.74 Å². The Bertz CT molecular complexity index is 541. The van der Waals surface area contributed by atoms with Gasteiger partial charge in [-0.05, 0) is 30.5 Å². The van der Waals surface area contributed by atoms with E-state index in [2.05, 4.69) is 44.7 Å². The smallest absolute Gasteiger partial charge is 0.0885 e. The summed E-state index contributed by atoms with van der Waals surface area (Å²) in [6, 6.07) is 18.5. The van der Waals surface area contributed by atoms with Crippen molar-refractivity contribution in [3.63, 3.8) is 0 Å². The molecule has 0 N–H and O–H groups in total. The van der Waals surface area contributed by atoms with Crippen molar-refractivity contribution >= 4 is 6.08 Å². The summed E-state index contributed by atoms with van der Waals surface area (Å²) in [4.78, 5) is 0. The minimum absolute atomic E-state index is 0.333. The van der Waals surface area contributed by atoms with E-state index >= 15 is 0 Å². The van der Waals surface area contributed by atoms with Gasteiger partial charge in [-0.2, -0.15) is 0 Å². The summed E-state index contributed by atoms with van der Waals surface area (Å²) < 4.78 is 6.10. The highest BCUT2D eigenvalue weighted by Gasteiger charge is 2.23. The maximum atomic E-state index is 6.10. The highest BCUT2D eigenvalue weighted by molar-refractivity contribution is 5.53. The molecule has 0 heterocycles. The molecule has 2 aromatic carbocycles. The minimum atomic E-state index is -0.333. The van der Waals surface area contributed by atoms with Crippen molar-refractivity contribution in [3.8, 4) is 0 Å². The van der Waals surface area contributed by atoms with Gasteiger partial charge in [0.25, 0.3) is 0 Å². The van der Waals surface area contributed by atoms with E-state index in [-0.39, 0.29) is 5.60 Å². The largest absolute Gasteiger partial charge is 0.366 e. The molecular weight excluding hydrogens is 232 g/mol. The standard InChI is InChI=1S/C18H20O/c1-4-16-12-8-9-13-17(16)18(2,3)19-14-15-10-6-5-7-11-15/h4-13H,1,14H2,2-3H3. The first-order chi connectivity index (χ1) is 9.13. The van der Waals surface area contributed by atoms with Crippen molar-refractivity contribution in [2.75, 3.05) is 0 Å². The molecule has 0 atom stereocenters. The zero-order chi connectivity index (χ0) is 13.7. The Labute approximate surface area is 115 Å². The summed E-state index contributed by atoms with van der Waals surface area (Å²) in [6.07, 6.45) is 1.88. The average molecular weight is 252 g/mol. The Kier molecular flexibility index (Phi) is 4.18. The van der Waals surface area contributed by atoms with Crippen LogP contribution in [0, 0.1) is 0 Å². The molecule has 0 unspecified atom stereocenters. The van der Waals surface area contributed by atoms with Crippen LogP contribution in [0.4, 0.5) is 0 Å². The van der Waals surface area contributed by atoms with Gasteiger partial charge in [-0.25, -0.2) is 0 Å². The molecule has 0 aliphatic carbocycles. The van der Waals surface area contributed by atoms with Crippen LogP contribution in [0.3, 0.4) is 0 Å². The van der Waals surface area contributed by atoms with E-state index in [4.69, 9.17) is 4.74 Å². The summed E-state index contributed by atoms with van der Waals surface area (Å²) in [7, 11) is 0. The molecular formula is C18H20O. The molecule has 0 aliphatic rings. The number of hydrogen-bond acceptors (Lipinski definition) is 1. The van der Waals surface area contributed by atoms with Crippen molar-refractivity contribution in [2.45, 2.75) is 26.1 Å². The van der Waals surface area contributed by atoms with Gasteiger partial charge in [-0.1, -0.05) is 67.3 Å². The fraction of sp³-hybridized carbons (Fsp3) is 0.222. The van der Waals surface area contributed by atoms with Crippen LogP contribution >= 0.6 is 0 Å². The van der Waals surface area contributed by atoms with Gasteiger partial charge in [0.15, 0.2) is 0 Å². The third kappa shape index (κ3) is 3.33. The summed E-state index contributed by atoms with van der Waals surface area (Å²) in [5.74, 6) is 0. The third-order valence-corrected chi connectivity index (χ3v) is 3.27. The van der Waals surface area contributed by atoms with Crippen LogP contribution in [0.25, 0.3) is 6.08 Å². The van der Waals surface area contributed by atoms with Gasteiger partial charge in [-0.3, -0.25) is 0 Å². The van der Waals surface area contributed by atoms with E-state index in [0.717, 1.165) is 5.56 Å². The number of rotatable bonds is 5. The fourth-order valence-corrected chi connectivity index (χ4v) is 2.14. The molecule has 1 nitrogen and oxygen atoms in total. The molecule has 0 radical (unpaired) electrons. The van der Waals surface area contributed by atoms with E-state index in [1.807, 2.05) is 36.4 Å². The highest BCUT2D eigenvalue weighted by atomic mass is 16.5. The van der Waals surface area contributed by atoms with Crippen LogP contribution in [-0.4, -0.2) is 0 Å². The topological polar surface area (TPSA) is 9.23 Å². The van der Waals surface area contributed by atoms with Crippen LogP contribution in [0.1, 0.15) is 30.5 Å². The maximum absolute atomic E-state index is 6.10. The van der Waals surface area contributed by atoms with Crippen LogP contribution in [0.2, 0.25) is 0 Å². The van der Waals surface area contributed by atoms with Gasteiger partial charge < -0.3 is 4.74 Å². The Hall–Kier alpha value is -1.86. The monoisotopic (exact) mass is 252 g/mol. The SMILES string of the molecule is C=Cc1ccccc1C(C)(C)OCc1ccccc1. The Morgan fingerprint density at radius 3 is 2.32 bits per heavy atom. The van der Waals surface area contributed by atoms with Gasteiger partial charge in [0.2, 0.25) is 0 Å². The average Bonchev–Trinajstić information content (AvgIpc) is 2.46. The quantitative estimate of drug-likeness (QED) is 0.744. The zero-order valence-corrected chi connectivity index (χ0v) is 11.6. The van der Waals surface area contributed by atoms with Gasteiger partial charge in [-0.15, -0.1) is 0 Å². The molecule has 0 bridgehead atoms. The van der Waals surface area contributed by atoms with Gasteiger partial charge in [0.05, 0.1) is 12.2 Å².